The number of nitrogens with one attached hydrogen (secondary N) is 2. The SMILES string of the molecule is CCCc1nc(NCC)cc(Nc2ccc(C)cc2C)n1. The largest absolute Gasteiger partial charge is 0.370 e. The van der Waals surface area contributed by atoms with Crippen LogP contribution >= 0.6 is 0 Å². The van der Waals surface area contributed by atoms with Gasteiger partial charge >= 0.3 is 0 Å². The van der Waals surface area contributed by atoms with E-state index in [0.29, 0.717) is 0 Å². The monoisotopic (exact) mass is 284 g/mol. The van der Waals surface area contributed by atoms with Crippen LogP contribution in [0.15, 0.2) is 24.3 Å². The third-order valence-corrected chi connectivity index (χ3v) is 3.25. The quantitative estimate of drug-likeness (QED) is 0.833. The summed E-state index contributed by atoms with van der Waals surface area (Å²) in [4.78, 5) is 9.13. The summed E-state index contributed by atoms with van der Waals surface area (Å²) in [6.45, 7) is 9.27. The number of benzene rings is 1. The van der Waals surface area contributed by atoms with Crippen LogP contribution in [0, 0.1) is 13.8 Å². The van der Waals surface area contributed by atoms with E-state index in [0.717, 1.165) is 42.5 Å². The Hall–Kier alpha value is -2.10. The molecule has 21 heavy (non-hydrogen) atoms. The molecular weight excluding hydrogens is 260 g/mol. The van der Waals surface area contributed by atoms with Crippen molar-refractivity contribution in [2.24, 2.45) is 0 Å². The van der Waals surface area contributed by atoms with Crippen LogP contribution < -0.4 is 10.6 Å². The van der Waals surface area contributed by atoms with E-state index in [4.69, 9.17) is 0 Å². The topological polar surface area (TPSA) is 49.8 Å². The smallest absolute Gasteiger partial charge is 0.136 e. The summed E-state index contributed by atoms with van der Waals surface area (Å²) >= 11 is 0. The zero-order chi connectivity index (χ0) is 15.2. The van der Waals surface area contributed by atoms with E-state index in [9.17, 15) is 0 Å². The lowest BCUT2D eigenvalue weighted by atomic mass is 10.1. The van der Waals surface area contributed by atoms with Gasteiger partial charge in [-0.2, -0.15) is 0 Å². The Balaban J connectivity index is 2.29. The molecule has 0 saturated heterocycles. The molecule has 4 nitrogen and oxygen atoms in total. The van der Waals surface area contributed by atoms with Crippen molar-refractivity contribution < 1.29 is 0 Å². The number of hydrogen-bond acceptors (Lipinski definition) is 4. The average Bonchev–Trinajstić information content (AvgIpc) is 2.42. The third kappa shape index (κ3) is 4.18. The number of rotatable bonds is 6. The van der Waals surface area contributed by atoms with Crippen LogP contribution in [0.2, 0.25) is 0 Å². The average molecular weight is 284 g/mol. The number of aromatic nitrogens is 2. The summed E-state index contributed by atoms with van der Waals surface area (Å²) in [5.41, 5.74) is 3.57. The van der Waals surface area contributed by atoms with Crippen molar-refractivity contribution in [3.05, 3.63) is 41.2 Å². The van der Waals surface area contributed by atoms with Crippen LogP contribution in [-0.4, -0.2) is 16.5 Å². The van der Waals surface area contributed by atoms with Gasteiger partial charge in [0.1, 0.15) is 17.5 Å². The lowest BCUT2D eigenvalue weighted by molar-refractivity contribution is 0.836. The van der Waals surface area contributed by atoms with Crippen molar-refractivity contribution >= 4 is 17.3 Å². The summed E-state index contributed by atoms with van der Waals surface area (Å²) in [7, 11) is 0. The Bertz CT molecular complexity index is 583. The van der Waals surface area contributed by atoms with E-state index in [1.807, 2.05) is 6.07 Å². The molecule has 2 N–H and O–H groups in total. The molecule has 0 spiro atoms. The molecule has 1 aromatic heterocycles. The van der Waals surface area contributed by atoms with Gasteiger partial charge in [-0.15, -0.1) is 0 Å². The fraction of sp³-hybridized carbons (Fsp3) is 0.412. The van der Waals surface area contributed by atoms with Crippen LogP contribution in [0.4, 0.5) is 17.3 Å². The highest BCUT2D eigenvalue weighted by Crippen LogP contribution is 2.22. The maximum atomic E-state index is 4.60. The zero-order valence-electron chi connectivity index (χ0n) is 13.3. The molecule has 2 aromatic rings. The minimum atomic E-state index is 0.844. The van der Waals surface area contributed by atoms with Crippen molar-refractivity contribution in [1.29, 1.82) is 0 Å². The molecule has 0 fully saturated rings. The van der Waals surface area contributed by atoms with Gasteiger partial charge in [-0.25, -0.2) is 9.97 Å². The Morgan fingerprint density at radius 1 is 1.00 bits per heavy atom. The maximum Gasteiger partial charge on any atom is 0.136 e. The summed E-state index contributed by atoms with van der Waals surface area (Å²) in [6.07, 6.45) is 1.93. The first-order valence-electron chi connectivity index (χ1n) is 7.58. The first-order chi connectivity index (χ1) is 10.1. The molecule has 0 amide bonds. The molecular formula is C17H24N4. The van der Waals surface area contributed by atoms with Crippen molar-refractivity contribution in [3.63, 3.8) is 0 Å². The molecule has 0 aliphatic carbocycles. The Labute approximate surface area is 127 Å². The summed E-state index contributed by atoms with van der Waals surface area (Å²) in [5.74, 6) is 2.60. The molecule has 0 saturated carbocycles. The highest BCUT2D eigenvalue weighted by molar-refractivity contribution is 5.62. The molecule has 4 heteroatoms. The highest BCUT2D eigenvalue weighted by Gasteiger charge is 2.06. The van der Waals surface area contributed by atoms with Crippen LogP contribution in [0.1, 0.15) is 37.2 Å². The Morgan fingerprint density at radius 2 is 1.76 bits per heavy atom. The van der Waals surface area contributed by atoms with Crippen LogP contribution in [0.5, 0.6) is 0 Å². The van der Waals surface area contributed by atoms with Crippen LogP contribution in [0.3, 0.4) is 0 Å². The fourth-order valence-corrected chi connectivity index (χ4v) is 2.26. The highest BCUT2D eigenvalue weighted by atomic mass is 15.1. The zero-order valence-corrected chi connectivity index (χ0v) is 13.3. The van der Waals surface area contributed by atoms with Gasteiger partial charge in [0.2, 0.25) is 0 Å². The fourth-order valence-electron chi connectivity index (χ4n) is 2.26. The first kappa shape index (κ1) is 15.3. The molecule has 0 radical (unpaired) electrons. The second-order valence-electron chi connectivity index (χ2n) is 5.28. The van der Waals surface area contributed by atoms with Gasteiger partial charge in [0.15, 0.2) is 0 Å². The van der Waals surface area contributed by atoms with Gasteiger partial charge in [-0.1, -0.05) is 24.6 Å². The van der Waals surface area contributed by atoms with Gasteiger partial charge in [-0.3, -0.25) is 0 Å². The minimum absolute atomic E-state index is 0.844. The summed E-state index contributed by atoms with van der Waals surface area (Å²) in [5, 5.41) is 6.67. The first-order valence-corrected chi connectivity index (χ1v) is 7.58. The molecule has 1 heterocycles. The van der Waals surface area contributed by atoms with E-state index >= 15 is 0 Å². The lowest BCUT2D eigenvalue weighted by Crippen LogP contribution is -2.06. The maximum absolute atomic E-state index is 4.60. The lowest BCUT2D eigenvalue weighted by Gasteiger charge is -2.12. The van der Waals surface area contributed by atoms with Gasteiger partial charge < -0.3 is 10.6 Å². The van der Waals surface area contributed by atoms with Crippen molar-refractivity contribution in [3.8, 4) is 0 Å². The Morgan fingerprint density at radius 3 is 2.43 bits per heavy atom. The molecule has 0 aliphatic rings. The predicted molar refractivity (Wildman–Crippen MR) is 89.4 cm³/mol. The van der Waals surface area contributed by atoms with Gasteiger partial charge in [0, 0.05) is 24.7 Å². The molecule has 0 aliphatic heterocycles. The van der Waals surface area contributed by atoms with Crippen LogP contribution in [0.25, 0.3) is 0 Å². The van der Waals surface area contributed by atoms with Gasteiger partial charge in [-0.05, 0) is 38.8 Å². The van der Waals surface area contributed by atoms with E-state index in [1.54, 1.807) is 0 Å². The molecule has 0 bridgehead atoms. The summed E-state index contributed by atoms with van der Waals surface area (Å²) < 4.78 is 0. The third-order valence-electron chi connectivity index (χ3n) is 3.25. The van der Waals surface area contributed by atoms with E-state index in [-0.39, 0.29) is 0 Å². The molecule has 0 atom stereocenters. The summed E-state index contributed by atoms with van der Waals surface area (Å²) in [6, 6.07) is 8.33. The number of hydrogen-bond donors (Lipinski definition) is 2. The standard InChI is InChI=1S/C17H24N4/c1-5-7-15-20-16(18-6-2)11-17(21-15)19-14-9-8-12(3)10-13(14)4/h8-11H,5-7H2,1-4H3,(H2,18,19,20,21). The van der Waals surface area contributed by atoms with Crippen LogP contribution in [-0.2, 0) is 6.42 Å². The van der Waals surface area contributed by atoms with Gasteiger partial charge in [0.05, 0.1) is 0 Å². The molecule has 2 rings (SSSR count). The second kappa shape index (κ2) is 7.07. The Kier molecular flexibility index (Phi) is 5.14. The molecule has 0 unspecified atom stereocenters. The van der Waals surface area contributed by atoms with Crippen molar-refractivity contribution in [2.75, 3.05) is 17.2 Å². The normalized spacial score (nSPS) is 10.5. The van der Waals surface area contributed by atoms with Gasteiger partial charge in [0.25, 0.3) is 0 Å². The number of anilines is 3. The van der Waals surface area contributed by atoms with E-state index in [2.05, 4.69) is 66.5 Å². The second-order valence-corrected chi connectivity index (χ2v) is 5.28. The number of aryl methyl sites for hydroxylation is 3. The van der Waals surface area contributed by atoms with Crippen molar-refractivity contribution in [1.82, 2.24) is 9.97 Å². The molecule has 1 aromatic carbocycles. The van der Waals surface area contributed by atoms with E-state index in [1.165, 1.54) is 11.1 Å². The number of nitrogens with zero attached hydrogens (tertiary/aromatic N) is 2. The van der Waals surface area contributed by atoms with E-state index < -0.39 is 0 Å². The molecule has 112 valence electrons. The predicted octanol–water partition coefficient (Wildman–Crippen LogP) is 4.22. The van der Waals surface area contributed by atoms with Crippen molar-refractivity contribution in [2.45, 2.75) is 40.5 Å². The minimum Gasteiger partial charge on any atom is -0.370 e.